The first-order valence-corrected chi connectivity index (χ1v) is 6.97. The Hall–Kier alpha value is -1.37. The minimum absolute atomic E-state index is 0.0447. The molecule has 0 aliphatic heterocycles. The number of rotatable bonds is 4. The van der Waals surface area contributed by atoms with Crippen molar-refractivity contribution in [2.24, 2.45) is 5.73 Å². The fourth-order valence-corrected chi connectivity index (χ4v) is 2.85. The summed E-state index contributed by atoms with van der Waals surface area (Å²) in [4.78, 5) is 1.23. The molecule has 0 atom stereocenters. The highest BCUT2D eigenvalue weighted by Gasteiger charge is 2.32. The first kappa shape index (κ1) is 16.0. The molecule has 21 heavy (non-hydrogen) atoms. The summed E-state index contributed by atoms with van der Waals surface area (Å²) in [6.07, 6.45) is 4.03. The van der Waals surface area contributed by atoms with Crippen LogP contribution in [0.5, 0.6) is 0 Å². The van der Waals surface area contributed by atoms with E-state index in [1.807, 2.05) is 0 Å². The van der Waals surface area contributed by atoms with Crippen LogP contribution in [0.4, 0.5) is 27.6 Å². The minimum Gasteiger partial charge on any atom is -0.362 e. The lowest BCUT2D eigenvalue weighted by Gasteiger charge is -2.36. The predicted molar refractivity (Wildman–Crippen MR) is 69.5 cm³/mol. The van der Waals surface area contributed by atoms with Gasteiger partial charge in [-0.1, -0.05) is 19.3 Å². The topological polar surface area (TPSA) is 29.3 Å². The second-order valence-corrected chi connectivity index (χ2v) is 5.19. The van der Waals surface area contributed by atoms with Crippen LogP contribution in [0.15, 0.2) is 0 Å². The van der Waals surface area contributed by atoms with Gasteiger partial charge in [0.25, 0.3) is 0 Å². The van der Waals surface area contributed by atoms with Gasteiger partial charge in [-0.2, -0.15) is 0 Å². The summed E-state index contributed by atoms with van der Waals surface area (Å²) in [5.41, 5.74) is 4.57. The maximum absolute atomic E-state index is 13.9. The Bertz CT molecular complexity index is 486. The molecule has 0 unspecified atom stereocenters. The van der Waals surface area contributed by atoms with Crippen LogP contribution in [-0.4, -0.2) is 19.1 Å². The van der Waals surface area contributed by atoms with Gasteiger partial charge in [0.1, 0.15) is 5.69 Å². The van der Waals surface area contributed by atoms with Gasteiger partial charge in [-0.15, -0.1) is 0 Å². The number of benzene rings is 1. The Morgan fingerprint density at radius 1 is 0.810 bits per heavy atom. The highest BCUT2D eigenvalue weighted by atomic mass is 19.2. The van der Waals surface area contributed by atoms with E-state index in [-0.39, 0.29) is 19.1 Å². The highest BCUT2D eigenvalue weighted by molar-refractivity contribution is 5.51. The van der Waals surface area contributed by atoms with Crippen molar-refractivity contribution in [3.63, 3.8) is 0 Å². The molecular weight excluding hydrogens is 291 g/mol. The third-order valence-corrected chi connectivity index (χ3v) is 3.86. The van der Waals surface area contributed by atoms with E-state index in [9.17, 15) is 22.0 Å². The molecule has 1 aliphatic rings. The zero-order chi connectivity index (χ0) is 15.6. The number of hydrogen-bond acceptors (Lipinski definition) is 2. The number of nitrogens with two attached hydrogens (primary N) is 1. The first-order chi connectivity index (χ1) is 9.99. The molecule has 0 bridgehead atoms. The van der Waals surface area contributed by atoms with Crippen LogP contribution in [-0.2, 0) is 0 Å². The lowest BCUT2D eigenvalue weighted by molar-refractivity contribution is 0.365. The van der Waals surface area contributed by atoms with Gasteiger partial charge in [0.05, 0.1) is 0 Å². The molecule has 118 valence electrons. The van der Waals surface area contributed by atoms with Gasteiger partial charge in [0.15, 0.2) is 23.3 Å². The van der Waals surface area contributed by atoms with Gasteiger partial charge in [-0.25, -0.2) is 22.0 Å². The third-order valence-electron chi connectivity index (χ3n) is 3.86. The van der Waals surface area contributed by atoms with E-state index in [0.29, 0.717) is 12.8 Å². The normalized spacial score (nSPS) is 16.3. The Balaban J connectivity index is 2.49. The van der Waals surface area contributed by atoms with Gasteiger partial charge in [-0.05, 0) is 12.8 Å². The van der Waals surface area contributed by atoms with Crippen LogP contribution in [0.1, 0.15) is 32.1 Å². The van der Waals surface area contributed by atoms with Crippen LogP contribution < -0.4 is 10.6 Å². The number of hydrogen-bond donors (Lipinski definition) is 1. The molecule has 2 nitrogen and oxygen atoms in total. The monoisotopic (exact) mass is 308 g/mol. The average Bonchev–Trinajstić information content (AvgIpc) is 2.51. The summed E-state index contributed by atoms with van der Waals surface area (Å²) >= 11 is 0. The summed E-state index contributed by atoms with van der Waals surface area (Å²) in [5, 5.41) is 0. The van der Waals surface area contributed by atoms with Gasteiger partial charge in [0.2, 0.25) is 5.82 Å². The van der Waals surface area contributed by atoms with E-state index < -0.39 is 34.8 Å². The summed E-state index contributed by atoms with van der Waals surface area (Å²) in [7, 11) is 0. The second-order valence-electron chi connectivity index (χ2n) is 5.19. The number of halogens is 5. The van der Waals surface area contributed by atoms with Crippen molar-refractivity contribution in [1.82, 2.24) is 0 Å². The molecular formula is C14H17F5N2. The number of nitrogens with zero attached hydrogens (tertiary/aromatic N) is 1. The molecule has 0 radical (unpaired) electrons. The summed E-state index contributed by atoms with van der Waals surface area (Å²) in [5.74, 6) is -9.54. The maximum Gasteiger partial charge on any atom is 0.200 e. The van der Waals surface area contributed by atoms with Crippen molar-refractivity contribution < 1.29 is 22.0 Å². The molecule has 1 aromatic carbocycles. The highest BCUT2D eigenvalue weighted by Crippen LogP contribution is 2.34. The van der Waals surface area contributed by atoms with Gasteiger partial charge >= 0.3 is 0 Å². The zero-order valence-corrected chi connectivity index (χ0v) is 11.4. The molecule has 7 heteroatoms. The Kier molecular flexibility index (Phi) is 5.03. The van der Waals surface area contributed by atoms with Crippen molar-refractivity contribution in [3.05, 3.63) is 29.1 Å². The second kappa shape index (κ2) is 6.60. The van der Waals surface area contributed by atoms with Gasteiger partial charge in [0, 0.05) is 19.1 Å². The van der Waals surface area contributed by atoms with Crippen LogP contribution >= 0.6 is 0 Å². The smallest absolute Gasteiger partial charge is 0.200 e. The summed E-state index contributed by atoms with van der Waals surface area (Å²) < 4.78 is 67.7. The van der Waals surface area contributed by atoms with E-state index in [4.69, 9.17) is 5.73 Å². The van der Waals surface area contributed by atoms with Crippen molar-refractivity contribution in [2.75, 3.05) is 18.0 Å². The van der Waals surface area contributed by atoms with Crippen molar-refractivity contribution >= 4 is 5.69 Å². The standard InChI is InChI=1S/C14H17F5N2/c15-9-10(16)12(18)14(13(19)11(9)17)21(7-6-20)8-4-2-1-3-5-8/h8H,1-7,20H2. The molecule has 0 heterocycles. The van der Waals surface area contributed by atoms with Crippen LogP contribution in [0.2, 0.25) is 0 Å². The summed E-state index contributed by atoms with van der Waals surface area (Å²) in [6, 6.07) is -0.254. The molecule has 2 N–H and O–H groups in total. The molecule has 1 saturated carbocycles. The molecule has 0 spiro atoms. The van der Waals surface area contributed by atoms with Gasteiger partial charge < -0.3 is 10.6 Å². The third kappa shape index (κ3) is 2.97. The Morgan fingerprint density at radius 3 is 1.76 bits per heavy atom. The SMILES string of the molecule is NCCN(c1c(F)c(F)c(F)c(F)c1F)C1CCCCC1. The maximum atomic E-state index is 13.9. The van der Waals surface area contributed by atoms with E-state index in [1.54, 1.807) is 0 Å². The van der Waals surface area contributed by atoms with Gasteiger partial charge in [-0.3, -0.25) is 0 Å². The average molecular weight is 308 g/mol. The molecule has 1 fully saturated rings. The van der Waals surface area contributed by atoms with Crippen LogP contribution in [0.25, 0.3) is 0 Å². The lowest BCUT2D eigenvalue weighted by Crippen LogP contribution is -2.41. The first-order valence-electron chi connectivity index (χ1n) is 6.97. The van der Waals surface area contributed by atoms with E-state index in [2.05, 4.69) is 0 Å². The number of anilines is 1. The summed E-state index contributed by atoms with van der Waals surface area (Å²) in [6.45, 7) is 0.110. The zero-order valence-electron chi connectivity index (χ0n) is 11.4. The van der Waals surface area contributed by atoms with E-state index in [1.165, 1.54) is 4.90 Å². The Morgan fingerprint density at radius 2 is 1.29 bits per heavy atom. The van der Waals surface area contributed by atoms with Crippen LogP contribution in [0, 0.1) is 29.1 Å². The van der Waals surface area contributed by atoms with Crippen molar-refractivity contribution in [1.29, 1.82) is 0 Å². The molecule has 1 aliphatic carbocycles. The quantitative estimate of drug-likeness (QED) is 0.524. The minimum atomic E-state index is -2.13. The predicted octanol–water partition coefficient (Wildman–Crippen LogP) is 3.48. The molecule has 0 saturated heterocycles. The molecule has 0 aromatic heterocycles. The van der Waals surface area contributed by atoms with Crippen molar-refractivity contribution in [2.45, 2.75) is 38.1 Å². The van der Waals surface area contributed by atoms with Crippen molar-refractivity contribution in [3.8, 4) is 0 Å². The fourth-order valence-electron chi connectivity index (χ4n) is 2.85. The Labute approximate surface area is 119 Å². The van der Waals surface area contributed by atoms with E-state index >= 15 is 0 Å². The largest absolute Gasteiger partial charge is 0.362 e. The fraction of sp³-hybridized carbons (Fsp3) is 0.571. The molecule has 0 amide bonds. The lowest BCUT2D eigenvalue weighted by atomic mass is 9.93. The van der Waals surface area contributed by atoms with Crippen LogP contribution in [0.3, 0.4) is 0 Å². The molecule has 1 aromatic rings. The van der Waals surface area contributed by atoms with E-state index in [0.717, 1.165) is 19.3 Å². The molecule has 2 rings (SSSR count).